The lowest BCUT2D eigenvalue weighted by molar-refractivity contribution is 0.397. The molecule has 5 heteroatoms. The SMILES string of the molecule is COc1ccc(CNCc2ccc(F)cc2Cl)cn1. The van der Waals surface area contributed by atoms with Gasteiger partial charge in [-0.2, -0.15) is 0 Å². The molecule has 0 radical (unpaired) electrons. The van der Waals surface area contributed by atoms with Crippen molar-refractivity contribution < 1.29 is 9.13 Å². The number of pyridine rings is 1. The Balaban J connectivity index is 1.88. The lowest BCUT2D eigenvalue weighted by Crippen LogP contribution is -2.13. The molecule has 1 N–H and O–H groups in total. The van der Waals surface area contributed by atoms with Crippen molar-refractivity contribution in [1.82, 2.24) is 10.3 Å². The van der Waals surface area contributed by atoms with Crippen LogP contribution in [0.3, 0.4) is 0 Å². The predicted molar refractivity (Wildman–Crippen MR) is 72.7 cm³/mol. The fraction of sp³-hybridized carbons (Fsp3) is 0.214. The van der Waals surface area contributed by atoms with E-state index in [1.165, 1.54) is 12.1 Å². The van der Waals surface area contributed by atoms with Crippen LogP contribution >= 0.6 is 11.6 Å². The summed E-state index contributed by atoms with van der Waals surface area (Å²) in [6.07, 6.45) is 1.75. The maximum Gasteiger partial charge on any atom is 0.212 e. The van der Waals surface area contributed by atoms with Gasteiger partial charge in [-0.05, 0) is 23.3 Å². The van der Waals surface area contributed by atoms with Crippen LogP contribution in [0.5, 0.6) is 5.88 Å². The fourth-order valence-electron chi connectivity index (χ4n) is 1.64. The summed E-state index contributed by atoms with van der Waals surface area (Å²) in [5.41, 5.74) is 1.91. The van der Waals surface area contributed by atoms with Gasteiger partial charge in [0.1, 0.15) is 5.82 Å². The van der Waals surface area contributed by atoms with E-state index in [0.29, 0.717) is 24.0 Å². The molecule has 2 aromatic rings. The van der Waals surface area contributed by atoms with Crippen LogP contribution < -0.4 is 10.1 Å². The predicted octanol–water partition coefficient (Wildman–Crippen LogP) is 3.17. The minimum Gasteiger partial charge on any atom is -0.481 e. The first kappa shape index (κ1) is 13.8. The molecule has 0 unspecified atom stereocenters. The van der Waals surface area contributed by atoms with Gasteiger partial charge in [0.25, 0.3) is 0 Å². The summed E-state index contributed by atoms with van der Waals surface area (Å²) in [5.74, 6) is 0.262. The molecule has 1 heterocycles. The quantitative estimate of drug-likeness (QED) is 0.913. The number of aromatic nitrogens is 1. The van der Waals surface area contributed by atoms with Gasteiger partial charge in [0.15, 0.2) is 0 Å². The molecule has 0 aliphatic carbocycles. The second-order valence-corrected chi connectivity index (χ2v) is 4.46. The van der Waals surface area contributed by atoms with Crippen molar-refractivity contribution in [2.45, 2.75) is 13.1 Å². The smallest absolute Gasteiger partial charge is 0.212 e. The third-order valence-electron chi connectivity index (χ3n) is 2.67. The fourth-order valence-corrected chi connectivity index (χ4v) is 1.88. The van der Waals surface area contributed by atoms with E-state index in [4.69, 9.17) is 16.3 Å². The zero-order valence-corrected chi connectivity index (χ0v) is 11.2. The van der Waals surface area contributed by atoms with Crippen LogP contribution in [0.2, 0.25) is 5.02 Å². The van der Waals surface area contributed by atoms with E-state index in [9.17, 15) is 4.39 Å². The first-order valence-electron chi connectivity index (χ1n) is 5.82. The molecule has 0 bridgehead atoms. The summed E-state index contributed by atoms with van der Waals surface area (Å²) in [7, 11) is 1.58. The topological polar surface area (TPSA) is 34.1 Å². The Morgan fingerprint density at radius 2 is 2.11 bits per heavy atom. The zero-order valence-electron chi connectivity index (χ0n) is 10.5. The van der Waals surface area contributed by atoms with Gasteiger partial charge < -0.3 is 10.1 Å². The average Bonchev–Trinajstić information content (AvgIpc) is 2.42. The van der Waals surface area contributed by atoms with Gasteiger partial charge in [0.05, 0.1) is 7.11 Å². The van der Waals surface area contributed by atoms with E-state index in [0.717, 1.165) is 11.1 Å². The number of halogens is 2. The van der Waals surface area contributed by atoms with Crippen LogP contribution in [-0.4, -0.2) is 12.1 Å². The van der Waals surface area contributed by atoms with Gasteiger partial charge in [-0.15, -0.1) is 0 Å². The number of methoxy groups -OCH3 is 1. The molecular formula is C14H14ClFN2O. The Hall–Kier alpha value is -1.65. The highest BCUT2D eigenvalue weighted by Crippen LogP contribution is 2.17. The van der Waals surface area contributed by atoms with Crippen molar-refractivity contribution in [3.05, 3.63) is 58.5 Å². The van der Waals surface area contributed by atoms with Gasteiger partial charge in [-0.1, -0.05) is 23.7 Å². The van der Waals surface area contributed by atoms with Gasteiger partial charge >= 0.3 is 0 Å². The van der Waals surface area contributed by atoms with Crippen molar-refractivity contribution in [3.63, 3.8) is 0 Å². The normalized spacial score (nSPS) is 10.5. The van der Waals surface area contributed by atoms with Crippen LogP contribution in [0.15, 0.2) is 36.5 Å². The van der Waals surface area contributed by atoms with Crippen LogP contribution in [0, 0.1) is 5.82 Å². The molecule has 19 heavy (non-hydrogen) atoms. The zero-order chi connectivity index (χ0) is 13.7. The molecule has 0 atom stereocenters. The molecule has 100 valence electrons. The van der Waals surface area contributed by atoms with Gasteiger partial charge in [0, 0.05) is 30.4 Å². The minimum absolute atomic E-state index is 0.326. The highest BCUT2D eigenvalue weighted by atomic mass is 35.5. The summed E-state index contributed by atoms with van der Waals surface area (Å²) in [6, 6.07) is 8.13. The molecule has 2 rings (SSSR count). The van der Waals surface area contributed by atoms with E-state index >= 15 is 0 Å². The number of hydrogen-bond acceptors (Lipinski definition) is 3. The number of nitrogens with zero attached hydrogens (tertiary/aromatic N) is 1. The van der Waals surface area contributed by atoms with Gasteiger partial charge in [-0.3, -0.25) is 0 Å². The van der Waals surface area contributed by atoms with Crippen LogP contribution in [0.1, 0.15) is 11.1 Å². The lowest BCUT2D eigenvalue weighted by Gasteiger charge is -2.07. The van der Waals surface area contributed by atoms with E-state index in [2.05, 4.69) is 10.3 Å². The first-order valence-corrected chi connectivity index (χ1v) is 6.20. The Morgan fingerprint density at radius 1 is 1.26 bits per heavy atom. The molecular weight excluding hydrogens is 267 g/mol. The molecule has 0 amide bonds. The lowest BCUT2D eigenvalue weighted by atomic mass is 10.2. The summed E-state index contributed by atoms with van der Waals surface area (Å²) >= 11 is 5.94. The number of ether oxygens (including phenoxy) is 1. The number of benzene rings is 1. The highest BCUT2D eigenvalue weighted by Gasteiger charge is 2.02. The summed E-state index contributed by atoms with van der Waals surface area (Å²) < 4.78 is 17.9. The summed E-state index contributed by atoms with van der Waals surface area (Å²) in [5, 5.41) is 3.66. The summed E-state index contributed by atoms with van der Waals surface area (Å²) in [6.45, 7) is 1.23. The van der Waals surface area contributed by atoms with Crippen molar-refractivity contribution in [3.8, 4) is 5.88 Å². The Kier molecular flexibility index (Phi) is 4.71. The van der Waals surface area contributed by atoms with Crippen molar-refractivity contribution in [2.24, 2.45) is 0 Å². The van der Waals surface area contributed by atoms with Gasteiger partial charge in [-0.25, -0.2) is 9.37 Å². The second-order valence-electron chi connectivity index (χ2n) is 4.05. The Bertz CT molecular complexity index is 546. The second kappa shape index (κ2) is 6.50. The molecule has 0 spiro atoms. The third kappa shape index (κ3) is 3.91. The Morgan fingerprint density at radius 3 is 2.74 bits per heavy atom. The number of hydrogen-bond donors (Lipinski definition) is 1. The van der Waals surface area contributed by atoms with Crippen LogP contribution in [0.25, 0.3) is 0 Å². The van der Waals surface area contributed by atoms with Gasteiger partial charge in [0.2, 0.25) is 5.88 Å². The molecule has 1 aromatic carbocycles. The third-order valence-corrected chi connectivity index (χ3v) is 3.02. The molecule has 0 saturated heterocycles. The van der Waals surface area contributed by atoms with E-state index in [-0.39, 0.29) is 5.82 Å². The molecule has 0 fully saturated rings. The van der Waals surface area contributed by atoms with Crippen molar-refractivity contribution in [2.75, 3.05) is 7.11 Å². The molecule has 0 aliphatic rings. The highest BCUT2D eigenvalue weighted by molar-refractivity contribution is 6.31. The maximum atomic E-state index is 12.9. The number of nitrogens with one attached hydrogen (secondary N) is 1. The van der Waals surface area contributed by atoms with Crippen LogP contribution in [0.4, 0.5) is 4.39 Å². The van der Waals surface area contributed by atoms with E-state index in [1.807, 2.05) is 12.1 Å². The maximum absolute atomic E-state index is 12.9. The number of rotatable bonds is 5. The largest absolute Gasteiger partial charge is 0.481 e. The first-order chi connectivity index (χ1) is 9.19. The standard InChI is InChI=1S/C14H14ClFN2O/c1-19-14-5-2-10(8-18-14)7-17-9-11-3-4-12(16)6-13(11)15/h2-6,8,17H,7,9H2,1H3. The Labute approximate surface area is 116 Å². The van der Waals surface area contributed by atoms with E-state index in [1.54, 1.807) is 19.4 Å². The average molecular weight is 281 g/mol. The minimum atomic E-state index is -0.326. The molecule has 0 saturated carbocycles. The van der Waals surface area contributed by atoms with Crippen LogP contribution in [-0.2, 0) is 13.1 Å². The monoisotopic (exact) mass is 280 g/mol. The van der Waals surface area contributed by atoms with Crippen molar-refractivity contribution in [1.29, 1.82) is 0 Å². The molecule has 0 aliphatic heterocycles. The molecule has 1 aromatic heterocycles. The summed E-state index contributed by atoms with van der Waals surface area (Å²) in [4.78, 5) is 4.11. The van der Waals surface area contributed by atoms with Crippen molar-refractivity contribution >= 4 is 11.6 Å². The molecule has 3 nitrogen and oxygen atoms in total. The van der Waals surface area contributed by atoms with E-state index < -0.39 is 0 Å².